The number of para-hydroxylation sites is 1. The maximum absolute atomic E-state index is 12.3. The Kier molecular flexibility index (Phi) is 3.77. The molecule has 0 saturated heterocycles. The highest BCUT2D eigenvalue weighted by Gasteiger charge is 2.13. The number of hydrogen-bond acceptors (Lipinski definition) is 6. The molecule has 1 amide bonds. The molecule has 2 aromatic heterocycles. The lowest BCUT2D eigenvalue weighted by molar-refractivity contribution is -0.384. The van der Waals surface area contributed by atoms with Crippen molar-refractivity contribution in [2.75, 3.05) is 5.32 Å². The van der Waals surface area contributed by atoms with Gasteiger partial charge in [0.05, 0.1) is 16.9 Å². The summed E-state index contributed by atoms with van der Waals surface area (Å²) in [5.74, 6) is 0.0852. The number of carbonyl (C=O) groups excluding carboxylic acids is 1. The molecule has 0 unspecified atom stereocenters. The molecule has 0 aliphatic heterocycles. The van der Waals surface area contributed by atoms with Crippen molar-refractivity contribution in [3.8, 4) is 0 Å². The predicted molar refractivity (Wildman–Crippen MR) is 94.7 cm³/mol. The first-order chi connectivity index (χ1) is 12.6. The van der Waals surface area contributed by atoms with Gasteiger partial charge in [0.25, 0.3) is 5.69 Å². The standard InChI is InChI=1S/C18H12N4O4/c23-18(10-15-13-3-1-2-4-16(13)26-21-15)20-17-8-5-11-9-12(22(24)25)6-7-14(11)19-17/h1-9H,10H2,(H,19,20,23). The third-order valence-corrected chi connectivity index (χ3v) is 3.93. The number of anilines is 1. The van der Waals surface area contributed by atoms with Crippen LogP contribution in [0.3, 0.4) is 0 Å². The zero-order valence-corrected chi connectivity index (χ0v) is 13.4. The maximum atomic E-state index is 12.3. The number of aromatic nitrogens is 2. The van der Waals surface area contributed by atoms with E-state index in [2.05, 4.69) is 15.5 Å². The van der Waals surface area contributed by atoms with Gasteiger partial charge < -0.3 is 9.84 Å². The molecule has 0 aliphatic rings. The average molecular weight is 348 g/mol. The lowest BCUT2D eigenvalue weighted by Gasteiger charge is -2.05. The molecule has 2 heterocycles. The summed E-state index contributed by atoms with van der Waals surface area (Å²) in [6.07, 6.45) is 0.0526. The molecule has 4 aromatic rings. The summed E-state index contributed by atoms with van der Waals surface area (Å²) >= 11 is 0. The van der Waals surface area contributed by atoms with Crippen molar-refractivity contribution in [3.63, 3.8) is 0 Å². The van der Waals surface area contributed by atoms with E-state index in [4.69, 9.17) is 4.52 Å². The summed E-state index contributed by atoms with van der Waals surface area (Å²) in [5.41, 5.74) is 1.73. The van der Waals surface area contributed by atoms with E-state index in [1.165, 1.54) is 12.1 Å². The number of hydrogen-bond donors (Lipinski definition) is 1. The Hall–Kier alpha value is -3.81. The summed E-state index contributed by atoms with van der Waals surface area (Å²) in [6, 6.07) is 15.0. The van der Waals surface area contributed by atoms with Gasteiger partial charge in [0.15, 0.2) is 5.58 Å². The Morgan fingerprint density at radius 2 is 2.00 bits per heavy atom. The fraction of sp³-hybridized carbons (Fsp3) is 0.0556. The van der Waals surface area contributed by atoms with Crippen LogP contribution in [0.1, 0.15) is 5.69 Å². The largest absolute Gasteiger partial charge is 0.356 e. The van der Waals surface area contributed by atoms with Gasteiger partial charge in [-0.05, 0) is 30.3 Å². The number of benzene rings is 2. The highest BCUT2D eigenvalue weighted by molar-refractivity contribution is 5.95. The van der Waals surface area contributed by atoms with E-state index in [9.17, 15) is 14.9 Å². The summed E-state index contributed by atoms with van der Waals surface area (Å²) < 4.78 is 5.19. The highest BCUT2D eigenvalue weighted by Crippen LogP contribution is 2.22. The molecule has 0 saturated carbocycles. The van der Waals surface area contributed by atoms with Crippen LogP contribution in [0.15, 0.2) is 59.1 Å². The normalized spacial score (nSPS) is 10.9. The topological polar surface area (TPSA) is 111 Å². The Morgan fingerprint density at radius 1 is 1.15 bits per heavy atom. The number of carbonyl (C=O) groups is 1. The van der Waals surface area contributed by atoms with Gasteiger partial charge in [-0.2, -0.15) is 0 Å². The summed E-state index contributed by atoms with van der Waals surface area (Å²) in [5, 5.41) is 18.9. The summed E-state index contributed by atoms with van der Waals surface area (Å²) in [6.45, 7) is 0. The van der Waals surface area contributed by atoms with E-state index in [-0.39, 0.29) is 18.0 Å². The van der Waals surface area contributed by atoms with Gasteiger partial charge in [0.2, 0.25) is 5.91 Å². The molecule has 0 spiro atoms. The minimum Gasteiger partial charge on any atom is -0.356 e. The monoisotopic (exact) mass is 348 g/mol. The van der Waals surface area contributed by atoms with E-state index in [1.807, 2.05) is 18.2 Å². The van der Waals surface area contributed by atoms with Crippen molar-refractivity contribution >= 4 is 39.3 Å². The van der Waals surface area contributed by atoms with Crippen LogP contribution in [0.25, 0.3) is 21.9 Å². The second-order valence-corrected chi connectivity index (χ2v) is 5.68. The van der Waals surface area contributed by atoms with E-state index < -0.39 is 4.92 Å². The van der Waals surface area contributed by atoms with E-state index in [1.54, 1.807) is 24.3 Å². The molecule has 8 nitrogen and oxygen atoms in total. The number of nitro groups is 1. The van der Waals surface area contributed by atoms with Crippen molar-refractivity contribution in [2.45, 2.75) is 6.42 Å². The Balaban J connectivity index is 1.53. The Morgan fingerprint density at radius 3 is 2.85 bits per heavy atom. The van der Waals surface area contributed by atoms with Crippen LogP contribution < -0.4 is 5.32 Å². The van der Waals surface area contributed by atoms with Crippen molar-refractivity contribution in [1.82, 2.24) is 10.1 Å². The van der Waals surface area contributed by atoms with Gasteiger partial charge >= 0.3 is 0 Å². The number of fused-ring (bicyclic) bond motifs is 2. The van der Waals surface area contributed by atoms with Crippen LogP contribution in [0.5, 0.6) is 0 Å². The first kappa shape index (κ1) is 15.7. The van der Waals surface area contributed by atoms with Crippen molar-refractivity contribution in [2.24, 2.45) is 0 Å². The zero-order valence-electron chi connectivity index (χ0n) is 13.4. The first-order valence-corrected chi connectivity index (χ1v) is 7.78. The molecule has 4 rings (SSSR count). The van der Waals surface area contributed by atoms with Gasteiger partial charge in [-0.15, -0.1) is 0 Å². The molecule has 1 N–H and O–H groups in total. The van der Waals surface area contributed by atoms with E-state index >= 15 is 0 Å². The number of amides is 1. The summed E-state index contributed by atoms with van der Waals surface area (Å²) in [7, 11) is 0. The van der Waals surface area contributed by atoms with Crippen LogP contribution in [0, 0.1) is 10.1 Å². The molecule has 2 aromatic carbocycles. The third kappa shape index (κ3) is 2.95. The number of nitrogens with zero attached hydrogens (tertiary/aromatic N) is 3. The number of nitrogens with one attached hydrogen (secondary N) is 1. The molecule has 26 heavy (non-hydrogen) atoms. The van der Waals surface area contributed by atoms with Gasteiger partial charge in [-0.3, -0.25) is 14.9 Å². The van der Waals surface area contributed by atoms with Crippen LogP contribution in [0.2, 0.25) is 0 Å². The number of non-ortho nitro benzene ring substituents is 1. The predicted octanol–water partition coefficient (Wildman–Crippen LogP) is 3.47. The molecule has 0 fully saturated rings. The molecule has 0 bridgehead atoms. The smallest absolute Gasteiger partial charge is 0.270 e. The van der Waals surface area contributed by atoms with Gasteiger partial charge in [0.1, 0.15) is 11.5 Å². The summed E-state index contributed by atoms with van der Waals surface area (Å²) in [4.78, 5) is 26.9. The van der Waals surface area contributed by atoms with Crippen molar-refractivity contribution < 1.29 is 14.2 Å². The SMILES string of the molecule is O=C(Cc1noc2ccccc12)Nc1ccc2cc([N+](=O)[O-])ccc2n1. The fourth-order valence-corrected chi connectivity index (χ4v) is 2.70. The molecule has 8 heteroatoms. The number of nitro benzene ring substituents is 1. The maximum Gasteiger partial charge on any atom is 0.270 e. The van der Waals surface area contributed by atoms with Crippen LogP contribution in [-0.2, 0) is 11.2 Å². The highest BCUT2D eigenvalue weighted by atomic mass is 16.6. The molecule has 128 valence electrons. The van der Waals surface area contributed by atoms with Crippen LogP contribution in [-0.4, -0.2) is 21.0 Å². The van der Waals surface area contributed by atoms with Gasteiger partial charge in [-0.25, -0.2) is 4.98 Å². The van der Waals surface area contributed by atoms with E-state index in [0.717, 1.165) is 5.39 Å². The fourth-order valence-electron chi connectivity index (χ4n) is 2.70. The van der Waals surface area contributed by atoms with Gasteiger partial charge in [0, 0.05) is 22.9 Å². The Labute approximate surface area is 146 Å². The first-order valence-electron chi connectivity index (χ1n) is 7.78. The molecule has 0 radical (unpaired) electrons. The molecule has 0 aliphatic carbocycles. The van der Waals surface area contributed by atoms with E-state index in [0.29, 0.717) is 28.0 Å². The second kappa shape index (κ2) is 6.25. The number of rotatable bonds is 4. The molecule has 0 atom stereocenters. The minimum atomic E-state index is -0.461. The Bertz CT molecular complexity index is 1150. The van der Waals surface area contributed by atoms with Crippen molar-refractivity contribution in [1.29, 1.82) is 0 Å². The average Bonchev–Trinajstić information content (AvgIpc) is 3.04. The number of pyridine rings is 1. The van der Waals surface area contributed by atoms with Gasteiger partial charge in [-0.1, -0.05) is 17.3 Å². The van der Waals surface area contributed by atoms with Crippen LogP contribution >= 0.6 is 0 Å². The molecular formula is C18H12N4O4. The lowest BCUT2D eigenvalue weighted by Crippen LogP contribution is -2.15. The zero-order chi connectivity index (χ0) is 18.1. The lowest BCUT2D eigenvalue weighted by atomic mass is 10.1. The van der Waals surface area contributed by atoms with Crippen molar-refractivity contribution in [3.05, 3.63) is 70.4 Å². The molecular weight excluding hydrogens is 336 g/mol. The van der Waals surface area contributed by atoms with Crippen LogP contribution in [0.4, 0.5) is 11.5 Å². The third-order valence-electron chi connectivity index (χ3n) is 3.93. The minimum absolute atomic E-state index is 0.00556. The second-order valence-electron chi connectivity index (χ2n) is 5.68. The quantitative estimate of drug-likeness (QED) is 0.446.